The van der Waals surface area contributed by atoms with Crippen molar-refractivity contribution in [3.8, 4) is 0 Å². The summed E-state index contributed by atoms with van der Waals surface area (Å²) in [6.45, 7) is 5.46. The number of hydrogen-bond donors (Lipinski definition) is 3. The topological polar surface area (TPSA) is 96.9 Å². The maximum atomic E-state index is 11.5. The molecule has 0 aromatic heterocycles. The molecule has 1 saturated carbocycles. The maximum absolute atomic E-state index is 11.5. The first-order valence-corrected chi connectivity index (χ1v) is 5.78. The van der Waals surface area contributed by atoms with Crippen LogP contribution < -0.4 is 11.1 Å². The van der Waals surface area contributed by atoms with Crippen LogP contribution in [-0.2, 0) is 4.74 Å². The zero-order valence-corrected chi connectivity index (χ0v) is 10.6. The zero-order chi connectivity index (χ0) is 13.1. The molecule has 1 rings (SSSR count). The molecule has 0 heterocycles. The van der Waals surface area contributed by atoms with Gasteiger partial charge in [-0.2, -0.15) is 0 Å². The average Bonchev–Trinajstić information content (AvgIpc) is 2.62. The van der Waals surface area contributed by atoms with Crippen LogP contribution in [0, 0.1) is 5.92 Å². The summed E-state index contributed by atoms with van der Waals surface area (Å²) in [6, 6.07) is 0.0372. The van der Waals surface area contributed by atoms with Gasteiger partial charge in [-0.25, -0.2) is 4.79 Å². The number of hydrogen-bond acceptors (Lipinski definition) is 4. The van der Waals surface area contributed by atoms with Crippen LogP contribution in [0.2, 0.25) is 0 Å². The smallest absolute Gasteiger partial charge is 0.407 e. The van der Waals surface area contributed by atoms with Gasteiger partial charge in [-0.05, 0) is 40.0 Å². The van der Waals surface area contributed by atoms with Crippen LogP contribution >= 0.6 is 0 Å². The third kappa shape index (κ3) is 4.50. The predicted molar refractivity (Wildman–Crippen MR) is 63.9 cm³/mol. The highest BCUT2D eigenvalue weighted by molar-refractivity contribution is 5.82. The largest absolute Gasteiger partial charge is 0.444 e. The number of nitrogens with two attached hydrogens (primary N) is 1. The van der Waals surface area contributed by atoms with E-state index in [0.29, 0.717) is 6.42 Å². The monoisotopic (exact) mass is 243 g/mol. The fourth-order valence-electron chi connectivity index (χ4n) is 1.94. The Balaban J connectivity index is 2.38. The second-order valence-corrected chi connectivity index (χ2v) is 5.38. The van der Waals surface area contributed by atoms with Gasteiger partial charge in [0.2, 0.25) is 0 Å². The lowest BCUT2D eigenvalue weighted by molar-refractivity contribution is 0.0505. The maximum Gasteiger partial charge on any atom is 0.407 e. The van der Waals surface area contributed by atoms with Crippen molar-refractivity contribution < 1.29 is 14.7 Å². The number of carbonyl (C=O) groups excluding carboxylic acids is 1. The second-order valence-electron chi connectivity index (χ2n) is 5.38. The summed E-state index contributed by atoms with van der Waals surface area (Å²) >= 11 is 0. The van der Waals surface area contributed by atoms with E-state index in [1.807, 2.05) is 20.8 Å². The SMILES string of the molecule is CC(C)(C)OC(=O)NC1CCC(/C(N)=N/O)C1. The Labute approximate surface area is 101 Å². The van der Waals surface area contributed by atoms with Gasteiger partial charge in [-0.3, -0.25) is 0 Å². The Hall–Kier alpha value is -1.46. The molecule has 0 bridgehead atoms. The normalized spacial score (nSPS) is 25.7. The van der Waals surface area contributed by atoms with Crippen molar-refractivity contribution in [3.05, 3.63) is 0 Å². The molecule has 2 unspecified atom stereocenters. The highest BCUT2D eigenvalue weighted by atomic mass is 16.6. The van der Waals surface area contributed by atoms with E-state index in [1.165, 1.54) is 0 Å². The molecule has 6 nitrogen and oxygen atoms in total. The first-order chi connectivity index (χ1) is 7.81. The Morgan fingerprint density at radius 3 is 2.65 bits per heavy atom. The van der Waals surface area contributed by atoms with Crippen LogP contribution in [0.5, 0.6) is 0 Å². The lowest BCUT2D eigenvalue weighted by atomic mass is 10.1. The van der Waals surface area contributed by atoms with E-state index in [0.717, 1.165) is 12.8 Å². The molecule has 1 amide bonds. The summed E-state index contributed by atoms with van der Waals surface area (Å²) in [5.74, 6) is 0.276. The molecule has 0 radical (unpaired) electrons. The van der Waals surface area contributed by atoms with Crippen molar-refractivity contribution in [1.29, 1.82) is 0 Å². The molecular weight excluding hydrogens is 222 g/mol. The molecule has 17 heavy (non-hydrogen) atoms. The third-order valence-electron chi connectivity index (χ3n) is 2.69. The van der Waals surface area contributed by atoms with Crippen molar-refractivity contribution in [2.24, 2.45) is 16.8 Å². The zero-order valence-electron chi connectivity index (χ0n) is 10.6. The number of nitrogens with zero attached hydrogens (tertiary/aromatic N) is 1. The lowest BCUT2D eigenvalue weighted by Gasteiger charge is -2.21. The van der Waals surface area contributed by atoms with Gasteiger partial charge in [-0.1, -0.05) is 5.16 Å². The van der Waals surface area contributed by atoms with Crippen molar-refractivity contribution in [2.45, 2.75) is 51.7 Å². The minimum absolute atomic E-state index is 0.0372. The van der Waals surface area contributed by atoms with Crippen molar-refractivity contribution in [1.82, 2.24) is 5.32 Å². The molecule has 1 fully saturated rings. The fraction of sp³-hybridized carbons (Fsp3) is 0.818. The molecule has 0 saturated heterocycles. The third-order valence-corrected chi connectivity index (χ3v) is 2.69. The van der Waals surface area contributed by atoms with E-state index >= 15 is 0 Å². The van der Waals surface area contributed by atoms with Crippen molar-refractivity contribution in [2.75, 3.05) is 0 Å². The summed E-state index contributed by atoms with van der Waals surface area (Å²) in [5.41, 5.74) is 5.04. The van der Waals surface area contributed by atoms with E-state index < -0.39 is 11.7 Å². The summed E-state index contributed by atoms with van der Waals surface area (Å²) < 4.78 is 5.16. The summed E-state index contributed by atoms with van der Waals surface area (Å²) in [7, 11) is 0. The number of nitrogens with one attached hydrogen (secondary N) is 1. The van der Waals surface area contributed by atoms with Gasteiger partial charge < -0.3 is 21.0 Å². The molecule has 2 atom stereocenters. The van der Waals surface area contributed by atoms with E-state index in [4.69, 9.17) is 15.7 Å². The molecule has 1 aliphatic carbocycles. The number of amides is 1. The summed E-state index contributed by atoms with van der Waals surface area (Å²) in [4.78, 5) is 11.5. The molecule has 1 aliphatic rings. The van der Waals surface area contributed by atoms with E-state index in [1.54, 1.807) is 0 Å². The summed E-state index contributed by atoms with van der Waals surface area (Å²) in [5, 5.41) is 14.4. The number of carbonyl (C=O) groups is 1. The molecule has 6 heteroatoms. The summed E-state index contributed by atoms with van der Waals surface area (Å²) in [6.07, 6.45) is 1.91. The lowest BCUT2D eigenvalue weighted by Crippen LogP contribution is -2.38. The number of oxime groups is 1. The highest BCUT2D eigenvalue weighted by Crippen LogP contribution is 2.25. The Morgan fingerprint density at radius 2 is 2.12 bits per heavy atom. The van der Waals surface area contributed by atoms with E-state index in [2.05, 4.69) is 10.5 Å². The average molecular weight is 243 g/mol. The van der Waals surface area contributed by atoms with Gasteiger partial charge in [0.1, 0.15) is 11.4 Å². The highest BCUT2D eigenvalue weighted by Gasteiger charge is 2.29. The number of ether oxygens (including phenoxy) is 1. The van der Waals surface area contributed by atoms with Gasteiger partial charge in [0, 0.05) is 12.0 Å². The molecule has 98 valence electrons. The second kappa shape index (κ2) is 5.25. The standard InChI is InChI=1S/C11H21N3O3/c1-11(2,3)17-10(15)13-8-5-4-7(6-8)9(12)14-16/h7-8,16H,4-6H2,1-3H3,(H2,12,14)(H,13,15). The first-order valence-electron chi connectivity index (χ1n) is 5.78. The minimum atomic E-state index is -0.492. The van der Waals surface area contributed by atoms with Gasteiger partial charge in [0.25, 0.3) is 0 Å². The van der Waals surface area contributed by atoms with Gasteiger partial charge in [0.15, 0.2) is 0 Å². The number of rotatable bonds is 2. The molecule has 0 spiro atoms. The van der Waals surface area contributed by atoms with E-state index in [-0.39, 0.29) is 17.8 Å². The first kappa shape index (κ1) is 13.6. The predicted octanol–water partition coefficient (Wildman–Crippen LogP) is 1.43. The quantitative estimate of drug-likeness (QED) is 0.296. The van der Waals surface area contributed by atoms with Gasteiger partial charge in [0.05, 0.1) is 0 Å². The molecule has 0 aliphatic heterocycles. The van der Waals surface area contributed by atoms with Gasteiger partial charge in [-0.15, -0.1) is 0 Å². The van der Waals surface area contributed by atoms with Crippen LogP contribution in [0.25, 0.3) is 0 Å². The van der Waals surface area contributed by atoms with Crippen LogP contribution in [0.1, 0.15) is 40.0 Å². The number of alkyl carbamates (subject to hydrolysis) is 1. The van der Waals surface area contributed by atoms with Gasteiger partial charge >= 0.3 is 6.09 Å². The van der Waals surface area contributed by atoms with Crippen molar-refractivity contribution >= 4 is 11.9 Å². The fourth-order valence-corrected chi connectivity index (χ4v) is 1.94. The Bertz CT molecular complexity index is 310. The minimum Gasteiger partial charge on any atom is -0.444 e. The van der Waals surface area contributed by atoms with Crippen LogP contribution in [0.4, 0.5) is 4.79 Å². The molecule has 0 aromatic carbocycles. The number of amidine groups is 1. The van der Waals surface area contributed by atoms with Crippen LogP contribution in [0.15, 0.2) is 5.16 Å². The van der Waals surface area contributed by atoms with Crippen LogP contribution in [-0.4, -0.2) is 28.8 Å². The molecule has 0 aromatic rings. The molecular formula is C11H21N3O3. The Morgan fingerprint density at radius 1 is 1.47 bits per heavy atom. The van der Waals surface area contributed by atoms with Crippen molar-refractivity contribution in [3.63, 3.8) is 0 Å². The Kier molecular flexibility index (Phi) is 4.20. The van der Waals surface area contributed by atoms with Crippen LogP contribution in [0.3, 0.4) is 0 Å². The van der Waals surface area contributed by atoms with E-state index in [9.17, 15) is 4.79 Å². The molecule has 4 N–H and O–H groups in total.